The quantitative estimate of drug-likeness (QED) is 0.522. The second-order valence-corrected chi connectivity index (χ2v) is 9.85. The Bertz CT molecular complexity index is 1150. The standard InChI is InChI=1S/C25H28N2O4S/c1-18(2)31-24-15-11-22(12-16-24)26-25(28)21-9-13-23(14-10-21)27(32(4,29)30)17-20-7-5-19(3)6-8-20/h5-16,18H,17H2,1-4H3,(H,26,28). The topological polar surface area (TPSA) is 75.7 Å². The van der Waals surface area contributed by atoms with Gasteiger partial charge in [0.05, 0.1) is 24.6 Å². The molecular weight excluding hydrogens is 424 g/mol. The fourth-order valence-electron chi connectivity index (χ4n) is 3.13. The Kier molecular flexibility index (Phi) is 7.20. The van der Waals surface area contributed by atoms with Gasteiger partial charge in [-0.15, -0.1) is 0 Å². The van der Waals surface area contributed by atoms with Gasteiger partial charge in [0, 0.05) is 11.3 Å². The zero-order valence-corrected chi connectivity index (χ0v) is 19.5. The van der Waals surface area contributed by atoms with Crippen LogP contribution in [0.15, 0.2) is 72.8 Å². The summed E-state index contributed by atoms with van der Waals surface area (Å²) in [6.07, 6.45) is 1.25. The lowest BCUT2D eigenvalue weighted by molar-refractivity contribution is 0.102. The summed E-state index contributed by atoms with van der Waals surface area (Å²) in [5, 5.41) is 2.84. The van der Waals surface area contributed by atoms with Crippen molar-refractivity contribution in [3.8, 4) is 5.75 Å². The lowest BCUT2D eigenvalue weighted by atomic mass is 10.1. The van der Waals surface area contributed by atoms with E-state index in [1.165, 1.54) is 10.6 Å². The second-order valence-electron chi connectivity index (χ2n) is 7.95. The molecule has 0 heterocycles. The molecule has 0 aliphatic heterocycles. The highest BCUT2D eigenvalue weighted by Crippen LogP contribution is 2.22. The molecule has 0 atom stereocenters. The number of carbonyl (C=O) groups is 1. The molecule has 32 heavy (non-hydrogen) atoms. The molecule has 0 aliphatic rings. The summed E-state index contributed by atoms with van der Waals surface area (Å²) in [7, 11) is -3.50. The monoisotopic (exact) mass is 452 g/mol. The van der Waals surface area contributed by atoms with E-state index in [0.29, 0.717) is 16.9 Å². The van der Waals surface area contributed by atoms with Gasteiger partial charge in [-0.25, -0.2) is 8.42 Å². The molecule has 0 radical (unpaired) electrons. The molecule has 0 bridgehead atoms. The van der Waals surface area contributed by atoms with Gasteiger partial charge in [-0.05, 0) is 74.9 Å². The number of carbonyl (C=O) groups excluding carboxylic acids is 1. The first-order valence-corrected chi connectivity index (χ1v) is 12.2. The van der Waals surface area contributed by atoms with Gasteiger partial charge in [-0.3, -0.25) is 9.10 Å². The average Bonchev–Trinajstić information content (AvgIpc) is 2.73. The molecule has 0 fully saturated rings. The van der Waals surface area contributed by atoms with Crippen molar-refractivity contribution >= 4 is 27.3 Å². The zero-order valence-electron chi connectivity index (χ0n) is 18.7. The number of nitrogens with zero attached hydrogens (tertiary/aromatic N) is 1. The van der Waals surface area contributed by atoms with E-state index in [1.54, 1.807) is 48.5 Å². The number of rotatable bonds is 8. The van der Waals surface area contributed by atoms with E-state index < -0.39 is 10.0 Å². The minimum atomic E-state index is -3.50. The van der Waals surface area contributed by atoms with Crippen molar-refractivity contribution in [3.05, 3.63) is 89.5 Å². The molecule has 0 saturated carbocycles. The van der Waals surface area contributed by atoms with Crippen LogP contribution in [0.5, 0.6) is 5.75 Å². The molecule has 0 aliphatic carbocycles. The number of ether oxygens (including phenoxy) is 1. The van der Waals surface area contributed by atoms with Crippen LogP contribution in [0.25, 0.3) is 0 Å². The molecule has 7 heteroatoms. The molecule has 0 unspecified atom stereocenters. The van der Waals surface area contributed by atoms with Gasteiger partial charge < -0.3 is 10.1 Å². The number of hydrogen-bond acceptors (Lipinski definition) is 4. The van der Waals surface area contributed by atoms with Crippen molar-refractivity contribution in [3.63, 3.8) is 0 Å². The fraction of sp³-hybridized carbons (Fsp3) is 0.240. The Hall–Kier alpha value is -3.32. The predicted molar refractivity (Wildman–Crippen MR) is 129 cm³/mol. The van der Waals surface area contributed by atoms with Gasteiger partial charge >= 0.3 is 0 Å². The van der Waals surface area contributed by atoms with E-state index in [-0.39, 0.29) is 18.6 Å². The van der Waals surface area contributed by atoms with Crippen LogP contribution >= 0.6 is 0 Å². The molecular formula is C25H28N2O4S. The van der Waals surface area contributed by atoms with E-state index >= 15 is 0 Å². The maximum Gasteiger partial charge on any atom is 0.255 e. The minimum absolute atomic E-state index is 0.0754. The van der Waals surface area contributed by atoms with Crippen LogP contribution in [-0.4, -0.2) is 26.7 Å². The van der Waals surface area contributed by atoms with Crippen LogP contribution in [0, 0.1) is 6.92 Å². The van der Waals surface area contributed by atoms with E-state index in [2.05, 4.69) is 5.32 Å². The Morgan fingerprint density at radius 3 is 2.06 bits per heavy atom. The van der Waals surface area contributed by atoms with Crippen molar-refractivity contribution < 1.29 is 17.9 Å². The lowest BCUT2D eigenvalue weighted by Crippen LogP contribution is -2.29. The number of benzene rings is 3. The Morgan fingerprint density at radius 1 is 0.938 bits per heavy atom. The van der Waals surface area contributed by atoms with E-state index in [4.69, 9.17) is 4.74 Å². The molecule has 3 aromatic carbocycles. The van der Waals surface area contributed by atoms with Gasteiger partial charge in [0.1, 0.15) is 5.75 Å². The maximum atomic E-state index is 12.6. The first-order valence-electron chi connectivity index (χ1n) is 10.3. The van der Waals surface area contributed by atoms with Crippen LogP contribution < -0.4 is 14.4 Å². The molecule has 1 N–H and O–H groups in total. The number of aryl methyl sites for hydroxylation is 1. The number of sulfonamides is 1. The van der Waals surface area contributed by atoms with Crippen molar-refractivity contribution in [1.29, 1.82) is 0 Å². The van der Waals surface area contributed by atoms with Gasteiger partial charge in [-0.1, -0.05) is 29.8 Å². The van der Waals surface area contributed by atoms with Crippen molar-refractivity contribution in [2.75, 3.05) is 15.9 Å². The average molecular weight is 453 g/mol. The summed E-state index contributed by atoms with van der Waals surface area (Å²) >= 11 is 0. The Balaban J connectivity index is 1.72. The second kappa shape index (κ2) is 9.87. The largest absolute Gasteiger partial charge is 0.491 e. The van der Waals surface area contributed by atoms with Crippen LogP contribution in [0.1, 0.15) is 35.3 Å². The molecule has 3 aromatic rings. The Labute approximate surface area is 189 Å². The Morgan fingerprint density at radius 2 is 1.53 bits per heavy atom. The number of hydrogen-bond donors (Lipinski definition) is 1. The van der Waals surface area contributed by atoms with Gasteiger partial charge in [0.2, 0.25) is 10.0 Å². The first kappa shape index (κ1) is 23.3. The van der Waals surface area contributed by atoms with Gasteiger partial charge in [0.25, 0.3) is 5.91 Å². The van der Waals surface area contributed by atoms with E-state index in [0.717, 1.165) is 16.9 Å². The van der Waals surface area contributed by atoms with Gasteiger partial charge in [-0.2, -0.15) is 0 Å². The predicted octanol–water partition coefficient (Wildman–Crippen LogP) is 5.00. The number of anilines is 2. The molecule has 1 amide bonds. The molecule has 0 saturated heterocycles. The van der Waals surface area contributed by atoms with Crippen LogP contribution in [0.2, 0.25) is 0 Å². The third kappa shape index (κ3) is 6.34. The maximum absolute atomic E-state index is 12.6. The summed E-state index contributed by atoms with van der Waals surface area (Å²) in [5.74, 6) is 0.454. The van der Waals surface area contributed by atoms with Crippen molar-refractivity contribution in [2.45, 2.75) is 33.4 Å². The zero-order chi connectivity index (χ0) is 23.3. The van der Waals surface area contributed by atoms with Crippen molar-refractivity contribution in [2.24, 2.45) is 0 Å². The summed E-state index contributed by atoms with van der Waals surface area (Å²) in [6, 6.07) is 21.4. The van der Waals surface area contributed by atoms with Crippen LogP contribution in [0.3, 0.4) is 0 Å². The van der Waals surface area contributed by atoms with Crippen LogP contribution in [0.4, 0.5) is 11.4 Å². The first-order chi connectivity index (χ1) is 15.1. The smallest absolute Gasteiger partial charge is 0.255 e. The fourth-order valence-corrected chi connectivity index (χ4v) is 4.02. The number of nitrogens with one attached hydrogen (secondary N) is 1. The molecule has 3 rings (SSSR count). The molecule has 0 spiro atoms. The van der Waals surface area contributed by atoms with Gasteiger partial charge in [0.15, 0.2) is 0 Å². The SMILES string of the molecule is Cc1ccc(CN(c2ccc(C(=O)Nc3ccc(OC(C)C)cc3)cc2)S(C)(=O)=O)cc1. The summed E-state index contributed by atoms with van der Waals surface area (Å²) in [4.78, 5) is 12.6. The van der Waals surface area contributed by atoms with Crippen molar-refractivity contribution in [1.82, 2.24) is 0 Å². The molecule has 168 valence electrons. The third-order valence-electron chi connectivity index (χ3n) is 4.75. The minimum Gasteiger partial charge on any atom is -0.491 e. The highest BCUT2D eigenvalue weighted by molar-refractivity contribution is 7.92. The van der Waals surface area contributed by atoms with E-state index in [1.807, 2.05) is 45.0 Å². The highest BCUT2D eigenvalue weighted by atomic mass is 32.2. The summed E-state index contributed by atoms with van der Waals surface area (Å²) < 4.78 is 31.7. The third-order valence-corrected chi connectivity index (χ3v) is 5.89. The normalized spacial score (nSPS) is 11.3. The van der Waals surface area contributed by atoms with Crippen LogP contribution in [-0.2, 0) is 16.6 Å². The number of amides is 1. The van der Waals surface area contributed by atoms with E-state index in [9.17, 15) is 13.2 Å². The molecule has 0 aromatic heterocycles. The summed E-state index contributed by atoms with van der Waals surface area (Å²) in [5.41, 5.74) is 3.57. The summed E-state index contributed by atoms with van der Waals surface area (Å²) in [6.45, 7) is 6.10. The highest BCUT2D eigenvalue weighted by Gasteiger charge is 2.18. The lowest BCUT2D eigenvalue weighted by Gasteiger charge is -2.23. The molecule has 6 nitrogen and oxygen atoms in total.